The number of likely N-dealkylation sites (N-methyl/N-ethyl adjacent to an activating group) is 1. The maximum atomic E-state index is 11.9. The van der Waals surface area contributed by atoms with Gasteiger partial charge in [0.05, 0.1) is 10.7 Å². The first-order valence-electron chi connectivity index (χ1n) is 6.40. The van der Waals surface area contributed by atoms with Crippen LogP contribution in [0.15, 0.2) is 30.5 Å². The number of hydrogen-bond donors (Lipinski definition) is 1. The smallest absolute Gasteiger partial charge is 0.328 e. The summed E-state index contributed by atoms with van der Waals surface area (Å²) >= 11 is 2.12. The van der Waals surface area contributed by atoms with Gasteiger partial charge in [-0.15, -0.1) is 0 Å². The van der Waals surface area contributed by atoms with Gasteiger partial charge in [0.2, 0.25) is 0 Å². The van der Waals surface area contributed by atoms with Crippen molar-refractivity contribution in [3.63, 3.8) is 0 Å². The number of imide groups is 1. The highest BCUT2D eigenvalue weighted by Gasteiger charge is 2.30. The van der Waals surface area contributed by atoms with Gasteiger partial charge in [-0.2, -0.15) is 0 Å². The summed E-state index contributed by atoms with van der Waals surface area (Å²) in [6, 6.07) is 3.14. The summed E-state index contributed by atoms with van der Waals surface area (Å²) in [5, 5.41) is 2.52. The molecule has 3 amide bonds. The highest BCUT2D eigenvalue weighted by molar-refractivity contribution is 14.1. The third kappa shape index (κ3) is 3.24. The van der Waals surface area contributed by atoms with Gasteiger partial charge in [-0.1, -0.05) is 12.7 Å². The molecule has 0 aromatic heterocycles. The fraction of sp³-hybridized carbons (Fsp3) is 0.200. The summed E-state index contributed by atoms with van der Waals surface area (Å²) in [6.07, 6.45) is 3.25. The van der Waals surface area contributed by atoms with E-state index >= 15 is 0 Å². The number of amides is 3. The minimum Gasteiger partial charge on any atom is -0.493 e. The molecule has 2 rings (SSSR count). The zero-order chi connectivity index (χ0) is 16.3. The molecular weight excluding hydrogens is 399 g/mol. The summed E-state index contributed by atoms with van der Waals surface area (Å²) < 4.78 is 11.7. The molecule has 7 heteroatoms. The van der Waals surface area contributed by atoms with Crippen LogP contribution >= 0.6 is 22.6 Å². The van der Waals surface area contributed by atoms with Crippen molar-refractivity contribution < 1.29 is 19.1 Å². The molecule has 1 aromatic carbocycles. The monoisotopic (exact) mass is 414 g/mol. The number of nitrogens with one attached hydrogen (secondary N) is 1. The molecule has 1 aromatic rings. The number of benzene rings is 1. The van der Waals surface area contributed by atoms with E-state index in [4.69, 9.17) is 9.47 Å². The lowest BCUT2D eigenvalue weighted by atomic mass is 10.1. The van der Waals surface area contributed by atoms with Crippen LogP contribution in [0, 0.1) is 3.57 Å². The van der Waals surface area contributed by atoms with Crippen molar-refractivity contribution >= 4 is 40.6 Å². The lowest BCUT2D eigenvalue weighted by Crippen LogP contribution is -2.25. The molecule has 1 heterocycles. The van der Waals surface area contributed by atoms with E-state index in [0.717, 1.165) is 14.0 Å². The van der Waals surface area contributed by atoms with Gasteiger partial charge in [-0.05, 0) is 46.4 Å². The number of hydrogen-bond acceptors (Lipinski definition) is 4. The van der Waals surface area contributed by atoms with E-state index in [9.17, 15) is 9.59 Å². The number of methoxy groups -OCH3 is 1. The minimum absolute atomic E-state index is 0.227. The number of ether oxygens (including phenoxy) is 2. The summed E-state index contributed by atoms with van der Waals surface area (Å²) in [4.78, 5) is 24.3. The SMILES string of the molecule is C=CCOc1c(I)cc(/C=C2\NC(=O)N(C)C2=O)cc1OC. The van der Waals surface area contributed by atoms with Crippen LogP contribution in [0.1, 0.15) is 5.56 Å². The van der Waals surface area contributed by atoms with E-state index in [0.29, 0.717) is 18.1 Å². The second-order valence-electron chi connectivity index (χ2n) is 4.49. The van der Waals surface area contributed by atoms with Gasteiger partial charge in [0.25, 0.3) is 5.91 Å². The molecule has 1 aliphatic heterocycles. The first-order valence-corrected chi connectivity index (χ1v) is 7.47. The van der Waals surface area contributed by atoms with Crippen LogP contribution in [-0.4, -0.2) is 37.6 Å². The first-order chi connectivity index (χ1) is 10.5. The van der Waals surface area contributed by atoms with Gasteiger partial charge < -0.3 is 14.8 Å². The molecule has 0 atom stereocenters. The number of carbonyl (C=O) groups is 2. The molecule has 22 heavy (non-hydrogen) atoms. The minimum atomic E-state index is -0.441. The van der Waals surface area contributed by atoms with Crippen molar-refractivity contribution in [2.75, 3.05) is 20.8 Å². The second kappa shape index (κ2) is 6.82. The maximum Gasteiger partial charge on any atom is 0.328 e. The Hall–Kier alpha value is -2.03. The Morgan fingerprint density at radius 3 is 2.68 bits per heavy atom. The zero-order valence-electron chi connectivity index (χ0n) is 12.2. The van der Waals surface area contributed by atoms with Crippen molar-refractivity contribution in [1.29, 1.82) is 0 Å². The van der Waals surface area contributed by atoms with E-state index in [1.165, 1.54) is 7.05 Å². The topological polar surface area (TPSA) is 67.9 Å². The molecule has 0 bridgehead atoms. The normalized spacial score (nSPS) is 16.0. The van der Waals surface area contributed by atoms with Gasteiger partial charge in [-0.3, -0.25) is 9.69 Å². The molecule has 1 N–H and O–H groups in total. The van der Waals surface area contributed by atoms with E-state index < -0.39 is 6.03 Å². The molecule has 1 aliphatic rings. The molecule has 0 unspecified atom stereocenters. The van der Waals surface area contributed by atoms with Crippen LogP contribution in [0.5, 0.6) is 11.5 Å². The highest BCUT2D eigenvalue weighted by atomic mass is 127. The van der Waals surface area contributed by atoms with Gasteiger partial charge in [-0.25, -0.2) is 4.79 Å². The van der Waals surface area contributed by atoms with E-state index in [2.05, 4.69) is 34.5 Å². The average Bonchev–Trinajstić information content (AvgIpc) is 2.73. The standard InChI is InChI=1S/C15H15IN2O4/c1-4-5-22-13-10(16)6-9(8-12(13)21-3)7-11-14(19)18(2)15(20)17-11/h4,6-8H,1,5H2,2-3H3,(H,17,20)/b11-7-. The lowest BCUT2D eigenvalue weighted by Gasteiger charge is -2.12. The van der Waals surface area contributed by atoms with Crippen molar-refractivity contribution in [2.24, 2.45) is 0 Å². The van der Waals surface area contributed by atoms with Gasteiger partial charge in [0, 0.05) is 7.05 Å². The molecular formula is C15H15IN2O4. The molecule has 1 fully saturated rings. The number of urea groups is 1. The van der Waals surface area contributed by atoms with Crippen LogP contribution in [0.3, 0.4) is 0 Å². The lowest BCUT2D eigenvalue weighted by molar-refractivity contribution is -0.121. The van der Waals surface area contributed by atoms with E-state index in [1.54, 1.807) is 25.3 Å². The molecule has 0 radical (unpaired) electrons. The van der Waals surface area contributed by atoms with Crippen molar-refractivity contribution in [2.45, 2.75) is 0 Å². The Bertz CT molecular complexity index is 670. The molecule has 0 saturated carbocycles. The molecule has 0 spiro atoms. The van der Waals surface area contributed by atoms with Crippen LogP contribution in [0.25, 0.3) is 6.08 Å². The van der Waals surface area contributed by atoms with Crippen molar-refractivity contribution in [3.05, 3.63) is 39.6 Å². The van der Waals surface area contributed by atoms with Gasteiger partial charge in [0.1, 0.15) is 12.3 Å². The van der Waals surface area contributed by atoms with E-state index in [-0.39, 0.29) is 11.6 Å². The van der Waals surface area contributed by atoms with Gasteiger partial charge in [0.15, 0.2) is 11.5 Å². The number of halogens is 1. The van der Waals surface area contributed by atoms with Gasteiger partial charge >= 0.3 is 6.03 Å². The Morgan fingerprint density at radius 1 is 1.41 bits per heavy atom. The van der Waals surface area contributed by atoms with Crippen LogP contribution in [0.2, 0.25) is 0 Å². The Balaban J connectivity index is 2.37. The molecule has 0 aliphatic carbocycles. The molecule has 116 valence electrons. The quantitative estimate of drug-likeness (QED) is 0.348. The highest BCUT2D eigenvalue weighted by Crippen LogP contribution is 2.34. The summed E-state index contributed by atoms with van der Waals surface area (Å²) in [5.41, 5.74) is 0.955. The van der Waals surface area contributed by atoms with Crippen LogP contribution < -0.4 is 14.8 Å². The fourth-order valence-corrected chi connectivity index (χ4v) is 2.68. The predicted molar refractivity (Wildman–Crippen MR) is 90.7 cm³/mol. The zero-order valence-corrected chi connectivity index (χ0v) is 14.3. The Kier molecular flexibility index (Phi) is 5.07. The maximum absolute atomic E-state index is 11.9. The van der Waals surface area contributed by atoms with Crippen LogP contribution in [0.4, 0.5) is 4.79 Å². The largest absolute Gasteiger partial charge is 0.493 e. The summed E-state index contributed by atoms with van der Waals surface area (Å²) in [5.74, 6) is 0.792. The number of rotatable bonds is 5. The Labute approximate surface area is 141 Å². The number of carbonyl (C=O) groups excluding carboxylic acids is 2. The third-order valence-corrected chi connectivity index (χ3v) is 3.79. The summed E-state index contributed by atoms with van der Waals surface area (Å²) in [7, 11) is 2.97. The predicted octanol–water partition coefficient (Wildman–Crippen LogP) is 2.39. The molecule has 6 nitrogen and oxygen atoms in total. The fourth-order valence-electron chi connectivity index (χ4n) is 1.90. The van der Waals surface area contributed by atoms with E-state index in [1.807, 2.05) is 6.07 Å². The molecule has 1 saturated heterocycles. The third-order valence-electron chi connectivity index (χ3n) is 2.99. The van der Waals surface area contributed by atoms with Crippen molar-refractivity contribution in [3.8, 4) is 11.5 Å². The second-order valence-corrected chi connectivity index (χ2v) is 5.65. The summed E-state index contributed by atoms with van der Waals surface area (Å²) in [6.45, 7) is 3.98. The first kappa shape index (κ1) is 16.3. The average molecular weight is 414 g/mol. The number of nitrogens with zero attached hydrogens (tertiary/aromatic N) is 1. The Morgan fingerprint density at radius 2 is 2.14 bits per heavy atom. The van der Waals surface area contributed by atoms with Crippen molar-refractivity contribution in [1.82, 2.24) is 10.2 Å². The van der Waals surface area contributed by atoms with Crippen LogP contribution in [-0.2, 0) is 4.79 Å².